The Bertz CT molecular complexity index is 329. The van der Waals surface area contributed by atoms with E-state index < -0.39 is 0 Å². The van der Waals surface area contributed by atoms with E-state index in [2.05, 4.69) is 51.3 Å². The van der Waals surface area contributed by atoms with Gasteiger partial charge in [0.2, 0.25) is 0 Å². The van der Waals surface area contributed by atoms with Crippen molar-refractivity contribution in [1.29, 1.82) is 0 Å². The second-order valence-electron chi connectivity index (χ2n) is 3.47. The van der Waals surface area contributed by atoms with Gasteiger partial charge >= 0.3 is 0 Å². The second-order valence-corrected chi connectivity index (χ2v) is 4.80. The van der Waals surface area contributed by atoms with Gasteiger partial charge in [0.1, 0.15) is 0 Å². The third-order valence-corrected chi connectivity index (χ3v) is 3.75. The molecule has 76 valence electrons. The van der Waals surface area contributed by atoms with Crippen LogP contribution in [0.1, 0.15) is 11.1 Å². The zero-order valence-electron chi connectivity index (χ0n) is 8.71. The maximum Gasteiger partial charge on any atom is 0.0196 e. The van der Waals surface area contributed by atoms with Crippen LogP contribution < -0.4 is 0 Å². The molecule has 0 saturated heterocycles. The number of hydrogen-bond acceptors (Lipinski definition) is 2. The van der Waals surface area contributed by atoms with E-state index in [1.807, 2.05) is 11.8 Å². The van der Waals surface area contributed by atoms with Gasteiger partial charge in [-0.1, -0.05) is 29.8 Å². The molecule has 0 unspecified atom stereocenters. The van der Waals surface area contributed by atoms with E-state index in [9.17, 15) is 0 Å². The molecule has 2 heteroatoms. The summed E-state index contributed by atoms with van der Waals surface area (Å²) in [6.07, 6.45) is 0. The van der Waals surface area contributed by atoms with E-state index in [4.69, 9.17) is 0 Å². The number of benzene rings is 1. The highest BCUT2D eigenvalue weighted by atomic mass is 32.2. The van der Waals surface area contributed by atoms with Gasteiger partial charge in [0, 0.05) is 16.4 Å². The molecule has 0 saturated carbocycles. The molecule has 0 spiro atoms. The van der Waals surface area contributed by atoms with Crippen molar-refractivity contribution < 1.29 is 0 Å². The summed E-state index contributed by atoms with van der Waals surface area (Å²) < 4.78 is 0. The van der Waals surface area contributed by atoms with Crippen LogP contribution in [0, 0.1) is 13.8 Å². The highest BCUT2D eigenvalue weighted by molar-refractivity contribution is 7.99. The minimum Gasteiger partial charge on any atom is -0.175 e. The van der Waals surface area contributed by atoms with Crippen molar-refractivity contribution in [1.82, 2.24) is 0 Å². The average molecular weight is 224 g/mol. The van der Waals surface area contributed by atoms with Crippen LogP contribution >= 0.6 is 24.4 Å². The first kappa shape index (κ1) is 11.7. The van der Waals surface area contributed by atoms with E-state index in [0.29, 0.717) is 0 Å². The Labute approximate surface area is 96.2 Å². The SMILES string of the molecule is C=C(CS)CSc1cc(C)ccc1C. The maximum atomic E-state index is 4.20. The predicted molar refractivity (Wildman–Crippen MR) is 69.6 cm³/mol. The standard InChI is InChI=1S/C12H16S2/c1-9-4-5-11(3)12(6-9)14-8-10(2)7-13/h4-6,13H,2,7-8H2,1,3H3. The zero-order valence-corrected chi connectivity index (χ0v) is 10.4. The molecule has 0 N–H and O–H groups in total. The molecule has 1 rings (SSSR count). The maximum absolute atomic E-state index is 4.20. The van der Waals surface area contributed by atoms with Crippen LogP contribution in [0.3, 0.4) is 0 Å². The Morgan fingerprint density at radius 1 is 1.43 bits per heavy atom. The van der Waals surface area contributed by atoms with Crippen LogP contribution in [0.15, 0.2) is 35.2 Å². The number of thiol groups is 1. The van der Waals surface area contributed by atoms with Gasteiger partial charge in [-0.2, -0.15) is 12.6 Å². The highest BCUT2D eigenvalue weighted by Crippen LogP contribution is 2.25. The molecular weight excluding hydrogens is 208 g/mol. The highest BCUT2D eigenvalue weighted by Gasteiger charge is 2.00. The average Bonchev–Trinajstić information content (AvgIpc) is 2.19. The molecule has 0 amide bonds. The number of thioether (sulfide) groups is 1. The van der Waals surface area contributed by atoms with E-state index in [1.54, 1.807) is 0 Å². The summed E-state index contributed by atoms with van der Waals surface area (Å²) in [5, 5.41) is 0. The number of rotatable bonds is 4. The third-order valence-electron chi connectivity index (χ3n) is 2.00. The largest absolute Gasteiger partial charge is 0.175 e. The molecule has 0 nitrogen and oxygen atoms in total. The fourth-order valence-electron chi connectivity index (χ4n) is 1.09. The fourth-order valence-corrected chi connectivity index (χ4v) is 2.38. The van der Waals surface area contributed by atoms with Crippen LogP contribution in [-0.4, -0.2) is 11.5 Å². The molecule has 0 aliphatic heterocycles. The Morgan fingerprint density at radius 2 is 2.14 bits per heavy atom. The molecule has 0 aliphatic rings. The molecule has 0 radical (unpaired) electrons. The Hall–Kier alpha value is -0.340. The minimum absolute atomic E-state index is 0.776. The van der Waals surface area contributed by atoms with Crippen molar-refractivity contribution in [2.75, 3.05) is 11.5 Å². The summed E-state index contributed by atoms with van der Waals surface area (Å²) in [7, 11) is 0. The van der Waals surface area contributed by atoms with Gasteiger partial charge < -0.3 is 0 Å². The van der Waals surface area contributed by atoms with Crippen molar-refractivity contribution in [3.63, 3.8) is 0 Å². The summed E-state index contributed by atoms with van der Waals surface area (Å²) in [5.41, 5.74) is 3.83. The minimum atomic E-state index is 0.776. The van der Waals surface area contributed by atoms with Crippen LogP contribution in [0.4, 0.5) is 0 Å². The predicted octanol–water partition coefficient (Wildman–Crippen LogP) is 3.88. The smallest absolute Gasteiger partial charge is 0.0196 e. The van der Waals surface area contributed by atoms with Crippen molar-refractivity contribution >= 4 is 24.4 Å². The first-order valence-corrected chi connectivity index (χ1v) is 6.23. The monoisotopic (exact) mass is 224 g/mol. The molecule has 1 aromatic rings. The Kier molecular flexibility index (Phi) is 4.63. The summed E-state index contributed by atoms with van der Waals surface area (Å²) in [6.45, 7) is 8.21. The molecule has 0 bridgehead atoms. The molecule has 0 aromatic heterocycles. The summed E-state index contributed by atoms with van der Waals surface area (Å²) >= 11 is 6.04. The zero-order chi connectivity index (χ0) is 10.6. The van der Waals surface area contributed by atoms with Crippen molar-refractivity contribution in [3.8, 4) is 0 Å². The Morgan fingerprint density at radius 3 is 2.79 bits per heavy atom. The van der Waals surface area contributed by atoms with Crippen molar-refractivity contribution in [3.05, 3.63) is 41.5 Å². The first-order chi connectivity index (χ1) is 6.63. The van der Waals surface area contributed by atoms with Gasteiger partial charge in [0.25, 0.3) is 0 Å². The topological polar surface area (TPSA) is 0 Å². The number of aryl methyl sites for hydroxylation is 2. The lowest BCUT2D eigenvalue weighted by atomic mass is 10.2. The van der Waals surface area contributed by atoms with Crippen molar-refractivity contribution in [2.24, 2.45) is 0 Å². The first-order valence-electron chi connectivity index (χ1n) is 4.61. The van der Waals surface area contributed by atoms with Crippen LogP contribution in [0.2, 0.25) is 0 Å². The van der Waals surface area contributed by atoms with Gasteiger partial charge in [-0.3, -0.25) is 0 Å². The van der Waals surface area contributed by atoms with E-state index in [1.165, 1.54) is 21.6 Å². The number of hydrogen-bond donors (Lipinski definition) is 1. The normalized spacial score (nSPS) is 10.2. The fraction of sp³-hybridized carbons (Fsp3) is 0.333. The second kappa shape index (κ2) is 5.52. The molecule has 14 heavy (non-hydrogen) atoms. The molecule has 0 atom stereocenters. The van der Waals surface area contributed by atoms with Crippen LogP contribution in [0.25, 0.3) is 0 Å². The lowest BCUT2D eigenvalue weighted by Crippen LogP contribution is -1.88. The van der Waals surface area contributed by atoms with Gasteiger partial charge in [-0.05, 0) is 25.5 Å². The van der Waals surface area contributed by atoms with Crippen molar-refractivity contribution in [2.45, 2.75) is 18.7 Å². The van der Waals surface area contributed by atoms with Crippen LogP contribution in [0.5, 0.6) is 0 Å². The molecule has 0 fully saturated rings. The molecule has 1 aromatic carbocycles. The quantitative estimate of drug-likeness (QED) is 0.460. The summed E-state index contributed by atoms with van der Waals surface area (Å²) in [6, 6.07) is 6.54. The van der Waals surface area contributed by atoms with Crippen LogP contribution in [-0.2, 0) is 0 Å². The molecule has 0 aliphatic carbocycles. The van der Waals surface area contributed by atoms with E-state index in [0.717, 1.165) is 11.5 Å². The lowest BCUT2D eigenvalue weighted by Gasteiger charge is -2.07. The summed E-state index contributed by atoms with van der Waals surface area (Å²) in [4.78, 5) is 1.35. The third kappa shape index (κ3) is 3.43. The van der Waals surface area contributed by atoms with Gasteiger partial charge in [-0.25, -0.2) is 0 Å². The van der Waals surface area contributed by atoms with Gasteiger partial charge in [0.15, 0.2) is 0 Å². The Balaban J connectivity index is 2.66. The molecule has 0 heterocycles. The van der Waals surface area contributed by atoms with Gasteiger partial charge in [0.05, 0.1) is 0 Å². The summed E-state index contributed by atoms with van der Waals surface area (Å²) in [5.74, 6) is 1.74. The van der Waals surface area contributed by atoms with E-state index in [-0.39, 0.29) is 0 Å². The van der Waals surface area contributed by atoms with Gasteiger partial charge in [-0.15, -0.1) is 11.8 Å². The lowest BCUT2D eigenvalue weighted by molar-refractivity contribution is 1.26. The van der Waals surface area contributed by atoms with E-state index >= 15 is 0 Å². The molecular formula is C12H16S2.